The zero-order chi connectivity index (χ0) is 22.6. The molecule has 0 bridgehead atoms. The Morgan fingerprint density at radius 2 is 1.94 bits per heavy atom. The summed E-state index contributed by atoms with van der Waals surface area (Å²) in [6, 6.07) is 11.7. The van der Waals surface area contributed by atoms with Gasteiger partial charge in [0.05, 0.1) is 19.3 Å². The van der Waals surface area contributed by atoms with Gasteiger partial charge in [-0.3, -0.25) is 14.8 Å². The summed E-state index contributed by atoms with van der Waals surface area (Å²) in [5.41, 5.74) is 1.40. The van der Waals surface area contributed by atoms with Crippen molar-refractivity contribution in [1.29, 1.82) is 0 Å². The molecule has 1 aromatic rings. The Labute approximate surface area is 217 Å². The van der Waals surface area contributed by atoms with Crippen molar-refractivity contribution < 1.29 is 9.47 Å². The highest BCUT2D eigenvalue weighted by Crippen LogP contribution is 2.16. The number of nitrogens with zero attached hydrogens (tertiary/aromatic N) is 3. The Kier molecular flexibility index (Phi) is 13.6. The normalized spacial score (nSPS) is 21.9. The first-order valence-electron chi connectivity index (χ1n) is 12.3. The van der Waals surface area contributed by atoms with E-state index in [0.717, 1.165) is 84.3 Å². The van der Waals surface area contributed by atoms with E-state index in [2.05, 4.69) is 69.6 Å². The third-order valence-corrected chi connectivity index (χ3v) is 6.52. The molecule has 2 saturated heterocycles. The quantitative estimate of drug-likeness (QED) is 0.194. The van der Waals surface area contributed by atoms with Crippen LogP contribution in [0.4, 0.5) is 0 Å². The number of halogens is 1. The second-order valence-corrected chi connectivity index (χ2v) is 9.08. The van der Waals surface area contributed by atoms with Crippen molar-refractivity contribution >= 4 is 29.9 Å². The Hall–Kier alpha value is -0.940. The van der Waals surface area contributed by atoms with Crippen LogP contribution in [0.25, 0.3) is 0 Å². The Morgan fingerprint density at radius 1 is 1.18 bits per heavy atom. The van der Waals surface area contributed by atoms with Gasteiger partial charge in [-0.1, -0.05) is 30.3 Å². The highest BCUT2D eigenvalue weighted by atomic mass is 127. The molecule has 0 amide bonds. The summed E-state index contributed by atoms with van der Waals surface area (Å²) in [6.07, 6.45) is 3.64. The number of nitrogens with one attached hydrogen (secondary N) is 2. The maximum atomic E-state index is 6.14. The van der Waals surface area contributed by atoms with Gasteiger partial charge in [0.1, 0.15) is 0 Å². The Morgan fingerprint density at radius 3 is 2.64 bits per heavy atom. The molecule has 2 atom stereocenters. The summed E-state index contributed by atoms with van der Waals surface area (Å²) in [4.78, 5) is 9.39. The minimum Gasteiger partial charge on any atom is -0.379 e. The number of aliphatic imine (C=N–C) groups is 1. The van der Waals surface area contributed by atoms with Crippen LogP contribution in [-0.2, 0) is 16.0 Å². The Balaban J connectivity index is 0.00000385. The number of morpholine rings is 1. The molecule has 2 fully saturated rings. The number of likely N-dealkylation sites (tertiary alicyclic amines) is 1. The maximum Gasteiger partial charge on any atom is 0.191 e. The fourth-order valence-corrected chi connectivity index (χ4v) is 4.58. The van der Waals surface area contributed by atoms with Crippen LogP contribution in [0.2, 0.25) is 0 Å². The van der Waals surface area contributed by atoms with E-state index in [1.807, 2.05) is 7.05 Å². The van der Waals surface area contributed by atoms with Gasteiger partial charge in [0.15, 0.2) is 5.96 Å². The predicted octanol–water partition coefficient (Wildman–Crippen LogP) is 2.95. The Bertz CT molecular complexity index is 670. The lowest BCUT2D eigenvalue weighted by molar-refractivity contribution is -0.0174. The highest BCUT2D eigenvalue weighted by Gasteiger charge is 2.23. The molecule has 2 N–H and O–H groups in total. The van der Waals surface area contributed by atoms with E-state index >= 15 is 0 Å². The third kappa shape index (κ3) is 10.1. The third-order valence-electron chi connectivity index (χ3n) is 6.52. The van der Waals surface area contributed by atoms with Crippen LogP contribution >= 0.6 is 24.0 Å². The summed E-state index contributed by atoms with van der Waals surface area (Å²) in [6.45, 7) is 13.0. The van der Waals surface area contributed by atoms with Gasteiger partial charge in [0.2, 0.25) is 0 Å². The van der Waals surface area contributed by atoms with Gasteiger partial charge in [0.25, 0.3) is 0 Å². The highest BCUT2D eigenvalue weighted by molar-refractivity contribution is 14.0. The largest absolute Gasteiger partial charge is 0.379 e. The van der Waals surface area contributed by atoms with Crippen molar-refractivity contribution in [3.05, 3.63) is 35.9 Å². The SMILES string of the molecule is CN=C(NCCCOC1CCN(Cc2ccccc2)CC1)NCC(C)N1CCOCC1C.I. The van der Waals surface area contributed by atoms with Gasteiger partial charge in [-0.05, 0) is 38.7 Å². The summed E-state index contributed by atoms with van der Waals surface area (Å²) >= 11 is 0. The van der Waals surface area contributed by atoms with Crippen molar-refractivity contribution in [3.8, 4) is 0 Å². The summed E-state index contributed by atoms with van der Waals surface area (Å²) in [5, 5.41) is 6.88. The van der Waals surface area contributed by atoms with Crippen LogP contribution < -0.4 is 10.6 Å². The lowest BCUT2D eigenvalue weighted by Gasteiger charge is -2.38. The van der Waals surface area contributed by atoms with Crippen molar-refractivity contribution in [1.82, 2.24) is 20.4 Å². The molecule has 8 heteroatoms. The van der Waals surface area contributed by atoms with Crippen LogP contribution in [0.1, 0.15) is 38.7 Å². The molecule has 2 unspecified atom stereocenters. The minimum atomic E-state index is 0. The van der Waals surface area contributed by atoms with E-state index in [9.17, 15) is 0 Å². The van der Waals surface area contributed by atoms with Gasteiger partial charge >= 0.3 is 0 Å². The molecule has 0 saturated carbocycles. The molecule has 2 heterocycles. The van der Waals surface area contributed by atoms with Crippen LogP contribution in [0.3, 0.4) is 0 Å². The molecule has 0 spiro atoms. The van der Waals surface area contributed by atoms with Gasteiger partial charge in [-0.2, -0.15) is 0 Å². The smallest absolute Gasteiger partial charge is 0.191 e. The van der Waals surface area contributed by atoms with Crippen LogP contribution in [0.15, 0.2) is 35.3 Å². The van der Waals surface area contributed by atoms with Crippen LogP contribution in [-0.4, -0.2) is 93.5 Å². The molecule has 1 aromatic carbocycles. The number of piperidine rings is 1. The topological polar surface area (TPSA) is 61.4 Å². The number of benzene rings is 1. The number of rotatable bonds is 10. The summed E-state index contributed by atoms with van der Waals surface area (Å²) in [7, 11) is 1.83. The lowest BCUT2D eigenvalue weighted by atomic mass is 10.1. The zero-order valence-electron chi connectivity index (χ0n) is 20.7. The van der Waals surface area contributed by atoms with Gasteiger partial charge in [-0.15, -0.1) is 24.0 Å². The summed E-state index contributed by atoms with van der Waals surface area (Å²) < 4.78 is 11.7. The molecule has 33 heavy (non-hydrogen) atoms. The molecule has 2 aliphatic heterocycles. The van der Waals surface area contributed by atoms with Crippen molar-refractivity contribution in [3.63, 3.8) is 0 Å². The second kappa shape index (κ2) is 15.9. The fourth-order valence-electron chi connectivity index (χ4n) is 4.58. The van der Waals surface area contributed by atoms with Crippen molar-refractivity contribution in [2.24, 2.45) is 4.99 Å². The lowest BCUT2D eigenvalue weighted by Crippen LogP contribution is -2.53. The average Bonchev–Trinajstić information content (AvgIpc) is 2.82. The fraction of sp³-hybridized carbons (Fsp3) is 0.720. The first-order valence-corrected chi connectivity index (χ1v) is 12.3. The number of ether oxygens (including phenoxy) is 2. The monoisotopic (exact) mass is 573 g/mol. The predicted molar refractivity (Wildman–Crippen MR) is 147 cm³/mol. The molecule has 188 valence electrons. The number of hydrogen-bond acceptors (Lipinski definition) is 5. The first kappa shape index (κ1) is 28.3. The average molecular weight is 574 g/mol. The van der Waals surface area contributed by atoms with Gasteiger partial charge in [-0.25, -0.2) is 0 Å². The van der Waals surface area contributed by atoms with Crippen LogP contribution in [0.5, 0.6) is 0 Å². The molecular formula is C25H44IN5O2. The zero-order valence-corrected chi connectivity index (χ0v) is 23.0. The maximum absolute atomic E-state index is 6.14. The van der Waals surface area contributed by atoms with Crippen molar-refractivity contribution in [2.75, 3.05) is 59.6 Å². The van der Waals surface area contributed by atoms with Crippen LogP contribution in [0, 0.1) is 0 Å². The second-order valence-electron chi connectivity index (χ2n) is 9.08. The molecule has 3 rings (SSSR count). The minimum absolute atomic E-state index is 0. The number of hydrogen-bond donors (Lipinski definition) is 2. The van der Waals surface area contributed by atoms with E-state index < -0.39 is 0 Å². The number of guanidine groups is 1. The van der Waals surface area contributed by atoms with E-state index in [1.165, 1.54) is 5.56 Å². The van der Waals surface area contributed by atoms with E-state index in [-0.39, 0.29) is 24.0 Å². The molecule has 0 radical (unpaired) electrons. The summed E-state index contributed by atoms with van der Waals surface area (Å²) in [5.74, 6) is 0.868. The molecule has 7 nitrogen and oxygen atoms in total. The first-order chi connectivity index (χ1) is 15.7. The van der Waals surface area contributed by atoms with Gasteiger partial charge in [0, 0.05) is 65.0 Å². The van der Waals surface area contributed by atoms with E-state index in [0.29, 0.717) is 18.2 Å². The van der Waals surface area contributed by atoms with E-state index in [1.54, 1.807) is 0 Å². The standard InChI is InChI=1S/C25H43N5O2.HI/c1-21(30-15-17-31-20-22(30)2)18-28-25(26-3)27-12-7-16-32-24-10-13-29(14-11-24)19-23-8-5-4-6-9-23;/h4-6,8-9,21-22,24H,7,10-20H2,1-3H3,(H2,26,27,28);1H. The molecule has 0 aliphatic carbocycles. The molecule has 2 aliphatic rings. The molecular weight excluding hydrogens is 529 g/mol. The van der Waals surface area contributed by atoms with E-state index in [4.69, 9.17) is 9.47 Å². The van der Waals surface area contributed by atoms with Gasteiger partial charge < -0.3 is 20.1 Å². The molecule has 0 aromatic heterocycles. The van der Waals surface area contributed by atoms with Crippen molar-refractivity contribution in [2.45, 2.75) is 57.8 Å².